The Morgan fingerprint density at radius 2 is 1.80 bits per heavy atom. The highest BCUT2D eigenvalue weighted by molar-refractivity contribution is 7.89. The van der Waals surface area contributed by atoms with Gasteiger partial charge < -0.3 is 5.11 Å². The van der Waals surface area contributed by atoms with Gasteiger partial charge in [0.1, 0.15) is 0 Å². The summed E-state index contributed by atoms with van der Waals surface area (Å²) in [6.07, 6.45) is 0.982. The number of sulfone groups is 1. The average molecular weight is 228 g/mol. The van der Waals surface area contributed by atoms with E-state index in [-0.39, 0.29) is 12.2 Å². The van der Waals surface area contributed by atoms with E-state index >= 15 is 0 Å². The molecule has 0 radical (unpaired) electrons. The zero-order chi connectivity index (χ0) is 11.5. The molecule has 82 valence electrons. The van der Waals surface area contributed by atoms with E-state index in [2.05, 4.69) is 0 Å². The molecule has 0 aromatic heterocycles. The van der Waals surface area contributed by atoms with Gasteiger partial charge in [0.25, 0.3) is 0 Å². The molecule has 0 unspecified atom stereocenters. The molecule has 1 N–H and O–H groups in total. The lowest BCUT2D eigenvalue weighted by molar-refractivity contribution is -0.136. The van der Waals surface area contributed by atoms with E-state index in [0.29, 0.717) is 11.1 Å². The molecule has 4 nitrogen and oxygen atoms in total. The number of carbonyl (C=O) groups is 1. The lowest BCUT2D eigenvalue weighted by Crippen LogP contribution is -2.07. The van der Waals surface area contributed by atoms with Gasteiger partial charge in [-0.05, 0) is 11.1 Å². The minimum Gasteiger partial charge on any atom is -0.481 e. The van der Waals surface area contributed by atoms with Crippen molar-refractivity contribution in [2.24, 2.45) is 0 Å². The Morgan fingerprint density at radius 3 is 2.27 bits per heavy atom. The zero-order valence-corrected chi connectivity index (χ0v) is 9.12. The molecule has 0 heterocycles. The number of aliphatic carboxylic acids is 1. The third kappa shape index (κ3) is 4.12. The van der Waals surface area contributed by atoms with Crippen LogP contribution in [0.4, 0.5) is 0 Å². The van der Waals surface area contributed by atoms with Crippen molar-refractivity contribution >= 4 is 15.8 Å². The third-order valence-corrected chi connectivity index (χ3v) is 2.71. The molecule has 0 saturated heterocycles. The second kappa shape index (κ2) is 4.44. The van der Waals surface area contributed by atoms with Crippen LogP contribution >= 0.6 is 0 Å². The average Bonchev–Trinajstić information content (AvgIpc) is 2.05. The number of carboxylic acid groups (broad SMARTS) is 1. The first kappa shape index (κ1) is 11.7. The highest BCUT2D eigenvalue weighted by atomic mass is 32.2. The van der Waals surface area contributed by atoms with Crippen molar-refractivity contribution in [3.8, 4) is 0 Å². The molecule has 0 spiro atoms. The number of benzene rings is 1. The Hall–Kier alpha value is -1.36. The first-order valence-corrected chi connectivity index (χ1v) is 6.41. The summed E-state index contributed by atoms with van der Waals surface area (Å²) >= 11 is 0. The fourth-order valence-corrected chi connectivity index (χ4v) is 2.16. The van der Waals surface area contributed by atoms with Gasteiger partial charge in [-0.1, -0.05) is 24.3 Å². The molecule has 1 aromatic carbocycles. The van der Waals surface area contributed by atoms with Gasteiger partial charge >= 0.3 is 5.97 Å². The van der Waals surface area contributed by atoms with Crippen LogP contribution in [0.3, 0.4) is 0 Å². The van der Waals surface area contributed by atoms with Crippen LogP contribution in [0.15, 0.2) is 24.3 Å². The van der Waals surface area contributed by atoms with Gasteiger partial charge in [-0.3, -0.25) is 4.79 Å². The van der Waals surface area contributed by atoms with Crippen LogP contribution in [-0.2, 0) is 26.8 Å². The van der Waals surface area contributed by atoms with Crippen LogP contribution in [0.25, 0.3) is 0 Å². The SMILES string of the molecule is CS(=O)(=O)Cc1ccccc1CC(=O)O. The third-order valence-electron chi connectivity index (χ3n) is 1.88. The van der Waals surface area contributed by atoms with Gasteiger partial charge in [0, 0.05) is 6.26 Å². The molecule has 0 aliphatic carbocycles. The summed E-state index contributed by atoms with van der Waals surface area (Å²) in [5, 5.41) is 8.64. The predicted octanol–water partition coefficient (Wildman–Crippen LogP) is 0.858. The minimum atomic E-state index is -3.13. The molecular weight excluding hydrogens is 216 g/mol. The molecule has 0 amide bonds. The summed E-state index contributed by atoms with van der Waals surface area (Å²) in [4.78, 5) is 10.5. The van der Waals surface area contributed by atoms with Crippen LogP contribution in [0, 0.1) is 0 Å². The largest absolute Gasteiger partial charge is 0.481 e. The minimum absolute atomic E-state index is 0.115. The Labute approximate surface area is 88.5 Å². The van der Waals surface area contributed by atoms with E-state index in [4.69, 9.17) is 5.11 Å². The van der Waals surface area contributed by atoms with Gasteiger partial charge in [0.05, 0.1) is 12.2 Å². The molecule has 0 atom stereocenters. The van der Waals surface area contributed by atoms with Crippen LogP contribution in [-0.4, -0.2) is 25.7 Å². The zero-order valence-electron chi connectivity index (χ0n) is 8.30. The second-order valence-corrected chi connectivity index (χ2v) is 5.55. The molecular formula is C10H12O4S. The van der Waals surface area contributed by atoms with Crippen molar-refractivity contribution in [2.75, 3.05) is 6.26 Å². The number of rotatable bonds is 4. The topological polar surface area (TPSA) is 71.4 Å². The molecule has 0 aliphatic rings. The van der Waals surface area contributed by atoms with Crippen molar-refractivity contribution < 1.29 is 18.3 Å². The molecule has 0 saturated carbocycles. The highest BCUT2D eigenvalue weighted by Crippen LogP contribution is 2.12. The summed E-state index contributed by atoms with van der Waals surface area (Å²) in [5.41, 5.74) is 1.11. The monoisotopic (exact) mass is 228 g/mol. The highest BCUT2D eigenvalue weighted by Gasteiger charge is 2.10. The van der Waals surface area contributed by atoms with Crippen molar-refractivity contribution in [1.29, 1.82) is 0 Å². The summed E-state index contributed by atoms with van der Waals surface area (Å²) < 4.78 is 22.2. The van der Waals surface area contributed by atoms with Gasteiger partial charge in [-0.15, -0.1) is 0 Å². The summed E-state index contributed by atoms with van der Waals surface area (Å²) in [7, 11) is -3.13. The van der Waals surface area contributed by atoms with Gasteiger partial charge in [0.15, 0.2) is 9.84 Å². The van der Waals surface area contributed by atoms with Crippen LogP contribution < -0.4 is 0 Å². The summed E-state index contributed by atoms with van der Waals surface area (Å²) in [6, 6.07) is 6.67. The lowest BCUT2D eigenvalue weighted by Gasteiger charge is -2.05. The second-order valence-electron chi connectivity index (χ2n) is 3.41. The van der Waals surface area contributed by atoms with Gasteiger partial charge in [-0.2, -0.15) is 0 Å². The van der Waals surface area contributed by atoms with Crippen molar-refractivity contribution in [2.45, 2.75) is 12.2 Å². The molecule has 0 aliphatic heterocycles. The lowest BCUT2D eigenvalue weighted by atomic mass is 10.1. The Morgan fingerprint density at radius 1 is 1.27 bits per heavy atom. The Bertz CT molecular complexity index is 462. The Kier molecular flexibility index (Phi) is 3.47. The van der Waals surface area contributed by atoms with E-state index in [0.717, 1.165) is 6.26 Å². The molecule has 0 bridgehead atoms. The molecule has 1 rings (SSSR count). The number of hydrogen-bond donors (Lipinski definition) is 1. The van der Waals surface area contributed by atoms with E-state index < -0.39 is 15.8 Å². The fourth-order valence-electron chi connectivity index (χ4n) is 1.32. The van der Waals surface area contributed by atoms with E-state index in [1.165, 1.54) is 0 Å². The van der Waals surface area contributed by atoms with Crippen molar-refractivity contribution in [3.63, 3.8) is 0 Å². The van der Waals surface area contributed by atoms with Crippen LogP contribution in [0.5, 0.6) is 0 Å². The standard InChI is InChI=1S/C10H12O4S/c1-15(13,14)7-9-5-3-2-4-8(9)6-10(11)12/h2-5H,6-7H2,1H3,(H,11,12). The Balaban J connectivity index is 3.01. The smallest absolute Gasteiger partial charge is 0.307 e. The molecule has 0 fully saturated rings. The van der Waals surface area contributed by atoms with E-state index in [1.807, 2.05) is 0 Å². The maximum Gasteiger partial charge on any atom is 0.307 e. The quantitative estimate of drug-likeness (QED) is 0.829. The molecule has 5 heteroatoms. The molecule has 1 aromatic rings. The van der Waals surface area contributed by atoms with E-state index in [9.17, 15) is 13.2 Å². The first-order valence-electron chi connectivity index (χ1n) is 4.35. The summed E-state index contributed by atoms with van der Waals surface area (Å²) in [5.74, 6) is -1.08. The van der Waals surface area contributed by atoms with Gasteiger partial charge in [-0.25, -0.2) is 8.42 Å². The van der Waals surface area contributed by atoms with Gasteiger partial charge in [0.2, 0.25) is 0 Å². The number of hydrogen-bond acceptors (Lipinski definition) is 3. The van der Waals surface area contributed by atoms with Crippen molar-refractivity contribution in [3.05, 3.63) is 35.4 Å². The number of carboxylic acids is 1. The molecule has 15 heavy (non-hydrogen) atoms. The van der Waals surface area contributed by atoms with Crippen LogP contribution in [0.2, 0.25) is 0 Å². The maximum absolute atomic E-state index is 11.1. The maximum atomic E-state index is 11.1. The summed E-state index contributed by atoms with van der Waals surface area (Å²) in [6.45, 7) is 0. The normalized spacial score (nSPS) is 11.3. The fraction of sp³-hybridized carbons (Fsp3) is 0.300. The van der Waals surface area contributed by atoms with Crippen molar-refractivity contribution in [1.82, 2.24) is 0 Å². The van der Waals surface area contributed by atoms with Crippen LogP contribution in [0.1, 0.15) is 11.1 Å². The predicted molar refractivity (Wildman–Crippen MR) is 56.3 cm³/mol. The van der Waals surface area contributed by atoms with E-state index in [1.54, 1.807) is 24.3 Å². The first-order chi connectivity index (χ1) is 6.88.